The Balaban J connectivity index is 1.94. The second kappa shape index (κ2) is 6.33. The van der Waals surface area contributed by atoms with Crippen molar-refractivity contribution in [1.29, 1.82) is 0 Å². The zero-order valence-corrected chi connectivity index (χ0v) is 10.8. The van der Waals surface area contributed by atoms with Crippen LogP contribution >= 0.6 is 0 Å². The third-order valence-corrected chi connectivity index (χ3v) is 2.87. The topological polar surface area (TPSA) is 61.8 Å². The molecule has 1 aliphatic rings. The van der Waals surface area contributed by atoms with Crippen LogP contribution in [0.15, 0.2) is 24.3 Å². The molecule has 1 saturated heterocycles. The van der Waals surface area contributed by atoms with E-state index < -0.39 is 6.10 Å². The fourth-order valence-corrected chi connectivity index (χ4v) is 1.85. The highest BCUT2D eigenvalue weighted by atomic mass is 16.6. The maximum absolute atomic E-state index is 12.0. The molecule has 1 aromatic carbocycles. The Morgan fingerprint density at radius 1 is 1.32 bits per heavy atom. The van der Waals surface area contributed by atoms with Crippen LogP contribution in [0.5, 0.6) is 5.75 Å². The number of esters is 1. The Hall–Kier alpha value is -1.88. The zero-order chi connectivity index (χ0) is 13.7. The van der Waals surface area contributed by atoms with E-state index in [0.717, 1.165) is 0 Å². The number of methoxy groups -OCH3 is 1. The number of carbonyl (C=O) groups excluding carboxylic acids is 2. The molecule has 0 amide bonds. The molecule has 1 unspecified atom stereocenters. The van der Waals surface area contributed by atoms with Crippen LogP contribution in [0, 0.1) is 0 Å². The van der Waals surface area contributed by atoms with E-state index in [1.165, 1.54) is 0 Å². The first-order chi connectivity index (χ1) is 9.20. The van der Waals surface area contributed by atoms with Crippen LogP contribution in [-0.2, 0) is 14.3 Å². The lowest BCUT2D eigenvalue weighted by atomic mass is 10.0. The van der Waals surface area contributed by atoms with Crippen molar-refractivity contribution in [3.63, 3.8) is 0 Å². The summed E-state index contributed by atoms with van der Waals surface area (Å²) in [6.07, 6.45) is 0.144. The van der Waals surface area contributed by atoms with Gasteiger partial charge in [-0.2, -0.15) is 0 Å². The van der Waals surface area contributed by atoms with Gasteiger partial charge >= 0.3 is 5.97 Å². The molecule has 1 aromatic rings. The van der Waals surface area contributed by atoms with Crippen LogP contribution in [0.3, 0.4) is 0 Å². The molecule has 1 aliphatic heterocycles. The molecule has 5 heteroatoms. The first-order valence-electron chi connectivity index (χ1n) is 6.16. The second-order valence-electron chi connectivity index (χ2n) is 4.25. The van der Waals surface area contributed by atoms with Crippen molar-refractivity contribution in [1.82, 2.24) is 0 Å². The molecule has 5 nitrogen and oxygen atoms in total. The Kier molecular flexibility index (Phi) is 4.52. The first kappa shape index (κ1) is 13.5. The number of hydrogen-bond acceptors (Lipinski definition) is 5. The van der Waals surface area contributed by atoms with Crippen LogP contribution in [0.1, 0.15) is 23.2 Å². The van der Waals surface area contributed by atoms with Crippen molar-refractivity contribution in [2.24, 2.45) is 0 Å². The molecule has 0 N–H and O–H groups in total. The number of cyclic esters (lactones) is 1. The molecular weight excluding hydrogens is 248 g/mol. The van der Waals surface area contributed by atoms with E-state index in [2.05, 4.69) is 0 Å². The minimum Gasteiger partial charge on any atom is -0.491 e. The van der Waals surface area contributed by atoms with E-state index in [9.17, 15) is 9.59 Å². The summed E-state index contributed by atoms with van der Waals surface area (Å²) in [4.78, 5) is 23.0. The van der Waals surface area contributed by atoms with Crippen LogP contribution in [0.25, 0.3) is 0 Å². The summed E-state index contributed by atoms with van der Waals surface area (Å²) in [6, 6.07) is 6.80. The highest BCUT2D eigenvalue weighted by Crippen LogP contribution is 2.20. The second-order valence-corrected chi connectivity index (χ2v) is 4.25. The zero-order valence-electron chi connectivity index (χ0n) is 10.8. The standard InChI is InChI=1S/C14H16O5/c1-17-8-9-18-11-4-2-10(3-5-11)14(16)12-6-7-13(15)19-12/h2-5,12H,6-9H2,1H3. The molecule has 19 heavy (non-hydrogen) atoms. The monoisotopic (exact) mass is 264 g/mol. The van der Waals surface area contributed by atoms with Gasteiger partial charge in [-0.05, 0) is 24.3 Å². The minimum atomic E-state index is -0.632. The summed E-state index contributed by atoms with van der Waals surface area (Å²) in [6.45, 7) is 0.975. The van der Waals surface area contributed by atoms with Gasteiger partial charge in [0, 0.05) is 25.5 Å². The van der Waals surface area contributed by atoms with Crippen molar-refractivity contribution in [2.75, 3.05) is 20.3 Å². The fraction of sp³-hybridized carbons (Fsp3) is 0.429. The maximum atomic E-state index is 12.0. The number of ketones is 1. The first-order valence-corrected chi connectivity index (χ1v) is 6.16. The molecule has 1 fully saturated rings. The molecule has 0 spiro atoms. The number of benzene rings is 1. The number of hydrogen-bond donors (Lipinski definition) is 0. The molecule has 2 rings (SSSR count). The predicted octanol–water partition coefficient (Wildman–Crippen LogP) is 1.60. The Labute approximate surface area is 111 Å². The summed E-state index contributed by atoms with van der Waals surface area (Å²) >= 11 is 0. The summed E-state index contributed by atoms with van der Waals surface area (Å²) in [7, 11) is 1.61. The lowest BCUT2D eigenvalue weighted by molar-refractivity contribution is -0.140. The van der Waals surface area contributed by atoms with Gasteiger partial charge in [0.15, 0.2) is 6.10 Å². The van der Waals surface area contributed by atoms with Crippen LogP contribution in [0.2, 0.25) is 0 Å². The van der Waals surface area contributed by atoms with Crippen molar-refractivity contribution in [3.05, 3.63) is 29.8 Å². The number of Topliss-reactive ketones (excluding diaryl/α,β-unsaturated/α-hetero) is 1. The van der Waals surface area contributed by atoms with Crippen LogP contribution in [0.4, 0.5) is 0 Å². The molecule has 0 aromatic heterocycles. The van der Waals surface area contributed by atoms with Gasteiger partial charge in [0.05, 0.1) is 6.61 Å². The number of rotatable bonds is 6. The van der Waals surface area contributed by atoms with Crippen LogP contribution < -0.4 is 4.74 Å². The largest absolute Gasteiger partial charge is 0.491 e. The van der Waals surface area contributed by atoms with E-state index >= 15 is 0 Å². The quantitative estimate of drug-likeness (QED) is 0.443. The Morgan fingerprint density at radius 2 is 2.05 bits per heavy atom. The van der Waals surface area contributed by atoms with E-state index in [0.29, 0.717) is 37.4 Å². The van der Waals surface area contributed by atoms with Gasteiger partial charge in [-0.25, -0.2) is 0 Å². The molecule has 0 aliphatic carbocycles. The van der Waals surface area contributed by atoms with E-state index in [1.807, 2.05) is 0 Å². The average molecular weight is 264 g/mol. The van der Waals surface area contributed by atoms with Crippen LogP contribution in [-0.4, -0.2) is 38.2 Å². The lowest BCUT2D eigenvalue weighted by Gasteiger charge is -2.09. The van der Waals surface area contributed by atoms with Gasteiger partial charge < -0.3 is 14.2 Å². The average Bonchev–Trinajstić information content (AvgIpc) is 2.86. The summed E-state index contributed by atoms with van der Waals surface area (Å²) < 4.78 is 15.2. The van der Waals surface area contributed by atoms with Crippen molar-refractivity contribution < 1.29 is 23.8 Å². The van der Waals surface area contributed by atoms with Gasteiger partial charge in [-0.15, -0.1) is 0 Å². The lowest BCUT2D eigenvalue weighted by Crippen LogP contribution is -2.20. The summed E-state index contributed by atoms with van der Waals surface area (Å²) in [5.41, 5.74) is 0.527. The predicted molar refractivity (Wildman–Crippen MR) is 67.3 cm³/mol. The van der Waals surface area contributed by atoms with Crippen molar-refractivity contribution in [3.8, 4) is 5.75 Å². The molecule has 1 atom stereocenters. The SMILES string of the molecule is COCCOc1ccc(C(=O)C2CCC(=O)O2)cc1. The number of carbonyl (C=O) groups is 2. The summed E-state index contributed by atoms with van der Waals surface area (Å²) in [5, 5.41) is 0. The van der Waals surface area contributed by atoms with Gasteiger partial charge in [0.1, 0.15) is 12.4 Å². The molecule has 1 heterocycles. The van der Waals surface area contributed by atoms with Crippen molar-refractivity contribution in [2.45, 2.75) is 18.9 Å². The Morgan fingerprint density at radius 3 is 2.63 bits per heavy atom. The fourth-order valence-electron chi connectivity index (χ4n) is 1.85. The van der Waals surface area contributed by atoms with Gasteiger partial charge in [0.25, 0.3) is 0 Å². The third-order valence-electron chi connectivity index (χ3n) is 2.87. The van der Waals surface area contributed by atoms with Gasteiger partial charge in [0.2, 0.25) is 5.78 Å². The van der Waals surface area contributed by atoms with E-state index in [4.69, 9.17) is 14.2 Å². The highest BCUT2D eigenvalue weighted by molar-refractivity contribution is 6.01. The van der Waals surface area contributed by atoms with Gasteiger partial charge in [-0.3, -0.25) is 9.59 Å². The molecule has 0 bridgehead atoms. The maximum Gasteiger partial charge on any atom is 0.306 e. The highest BCUT2D eigenvalue weighted by Gasteiger charge is 2.30. The molecular formula is C14H16O5. The molecule has 0 radical (unpaired) electrons. The van der Waals surface area contributed by atoms with Gasteiger partial charge in [-0.1, -0.05) is 0 Å². The smallest absolute Gasteiger partial charge is 0.306 e. The Bertz CT molecular complexity index is 451. The van der Waals surface area contributed by atoms with E-state index in [-0.39, 0.29) is 11.8 Å². The minimum absolute atomic E-state index is 0.158. The van der Waals surface area contributed by atoms with E-state index in [1.54, 1.807) is 31.4 Å². The molecule has 102 valence electrons. The third kappa shape index (κ3) is 3.54. The summed E-state index contributed by atoms with van der Waals surface area (Å²) in [5.74, 6) is 0.212. The number of ether oxygens (including phenoxy) is 3. The van der Waals surface area contributed by atoms with Crippen molar-refractivity contribution >= 4 is 11.8 Å². The normalized spacial score (nSPS) is 18.2. The molecule has 0 saturated carbocycles.